The van der Waals surface area contributed by atoms with Gasteiger partial charge < -0.3 is 5.11 Å². The van der Waals surface area contributed by atoms with Crippen LogP contribution in [-0.4, -0.2) is 26.3 Å². The number of hydrazone groups is 1. The molecule has 6 nitrogen and oxygen atoms in total. The van der Waals surface area contributed by atoms with Crippen LogP contribution in [0, 0.1) is 0 Å². The summed E-state index contributed by atoms with van der Waals surface area (Å²) in [5, 5.41) is 13.9. The predicted octanol–water partition coefficient (Wildman–Crippen LogP) is 3.63. The molecule has 1 aromatic carbocycles. The number of nitrogens with one attached hydrogen (secondary N) is 1. The number of phenols is 1. The Balaban J connectivity index is 2.17. The molecule has 0 amide bonds. The molecule has 1 heterocycles. The van der Waals surface area contributed by atoms with E-state index >= 15 is 0 Å². The second kappa shape index (κ2) is 6.46. The average Bonchev–Trinajstić information content (AvgIpc) is 2.38. The predicted molar refractivity (Wildman–Crippen MR) is 87.9 cm³/mol. The summed E-state index contributed by atoms with van der Waals surface area (Å²) in [6, 6.07) is 5.26. The standard InChI is InChI=1S/C14H15Cl2N5O/c1-14(2,3)9-6-8(4-5-10(9)22)7-17-21-13-19-11(15)18-12(16)20-13/h4-7,22H,1-3H3,(H,18,19,20,21)/b17-7+. The van der Waals surface area contributed by atoms with Crippen molar-refractivity contribution in [3.8, 4) is 5.75 Å². The van der Waals surface area contributed by atoms with E-state index in [0.29, 0.717) is 0 Å². The monoisotopic (exact) mass is 339 g/mol. The highest BCUT2D eigenvalue weighted by Gasteiger charge is 2.17. The zero-order valence-electron chi connectivity index (χ0n) is 12.3. The Morgan fingerprint density at radius 3 is 2.36 bits per heavy atom. The fourth-order valence-corrected chi connectivity index (χ4v) is 2.14. The molecule has 0 atom stereocenters. The largest absolute Gasteiger partial charge is 0.508 e. The lowest BCUT2D eigenvalue weighted by molar-refractivity contribution is 0.446. The number of benzene rings is 1. The summed E-state index contributed by atoms with van der Waals surface area (Å²) in [6.07, 6.45) is 1.58. The van der Waals surface area contributed by atoms with Crippen molar-refractivity contribution in [2.24, 2.45) is 5.10 Å². The third kappa shape index (κ3) is 4.29. The molecule has 22 heavy (non-hydrogen) atoms. The molecule has 116 valence electrons. The number of hydrogen-bond donors (Lipinski definition) is 2. The molecule has 2 rings (SSSR count). The van der Waals surface area contributed by atoms with Crippen LogP contribution in [0.5, 0.6) is 5.75 Å². The molecule has 0 spiro atoms. The number of anilines is 1. The molecule has 8 heteroatoms. The average molecular weight is 340 g/mol. The summed E-state index contributed by atoms with van der Waals surface area (Å²) in [5.41, 5.74) is 4.11. The lowest BCUT2D eigenvalue weighted by atomic mass is 9.85. The van der Waals surface area contributed by atoms with Gasteiger partial charge in [-0.2, -0.15) is 20.1 Å². The van der Waals surface area contributed by atoms with Gasteiger partial charge in [0.05, 0.1) is 6.21 Å². The van der Waals surface area contributed by atoms with Crippen molar-refractivity contribution in [3.05, 3.63) is 39.9 Å². The third-order valence-electron chi connectivity index (χ3n) is 2.79. The Hall–Kier alpha value is -1.92. The van der Waals surface area contributed by atoms with Crippen LogP contribution >= 0.6 is 23.2 Å². The molecule has 0 radical (unpaired) electrons. The first-order valence-corrected chi connectivity index (χ1v) is 7.21. The summed E-state index contributed by atoms with van der Waals surface area (Å²) in [4.78, 5) is 11.3. The van der Waals surface area contributed by atoms with Gasteiger partial charge >= 0.3 is 0 Å². The Morgan fingerprint density at radius 2 is 1.77 bits per heavy atom. The molecule has 0 aliphatic heterocycles. The maximum absolute atomic E-state index is 9.92. The van der Waals surface area contributed by atoms with Crippen LogP contribution in [0.15, 0.2) is 23.3 Å². The SMILES string of the molecule is CC(C)(C)c1cc(/C=N/Nc2nc(Cl)nc(Cl)n2)ccc1O. The summed E-state index contributed by atoms with van der Waals surface area (Å²) < 4.78 is 0. The van der Waals surface area contributed by atoms with E-state index in [4.69, 9.17) is 23.2 Å². The summed E-state index contributed by atoms with van der Waals surface area (Å²) >= 11 is 11.3. The highest BCUT2D eigenvalue weighted by molar-refractivity contribution is 6.31. The lowest BCUT2D eigenvalue weighted by Crippen LogP contribution is -2.11. The summed E-state index contributed by atoms with van der Waals surface area (Å²) in [5.74, 6) is 0.407. The van der Waals surface area contributed by atoms with Crippen LogP contribution in [0.4, 0.5) is 5.95 Å². The zero-order chi connectivity index (χ0) is 16.3. The number of hydrogen-bond acceptors (Lipinski definition) is 6. The molecule has 2 N–H and O–H groups in total. The zero-order valence-corrected chi connectivity index (χ0v) is 13.8. The van der Waals surface area contributed by atoms with Gasteiger partial charge in [-0.3, -0.25) is 0 Å². The second-order valence-electron chi connectivity index (χ2n) is 5.59. The molecule has 0 aliphatic rings. The molecule has 0 aliphatic carbocycles. The number of rotatable bonds is 3. The van der Waals surface area contributed by atoms with Crippen molar-refractivity contribution in [1.82, 2.24) is 15.0 Å². The lowest BCUT2D eigenvalue weighted by Gasteiger charge is -2.20. The molecule has 0 fully saturated rings. The first-order chi connectivity index (χ1) is 10.3. The van der Waals surface area contributed by atoms with Crippen molar-refractivity contribution < 1.29 is 5.11 Å². The number of halogens is 2. The minimum absolute atomic E-state index is 0.0163. The summed E-state index contributed by atoms with van der Waals surface area (Å²) in [6.45, 7) is 6.07. The number of aromatic hydroxyl groups is 1. The van der Waals surface area contributed by atoms with E-state index in [-0.39, 0.29) is 27.7 Å². The fraction of sp³-hybridized carbons (Fsp3) is 0.286. The van der Waals surface area contributed by atoms with Gasteiger partial charge in [0.15, 0.2) is 0 Å². The van der Waals surface area contributed by atoms with Gasteiger partial charge in [-0.25, -0.2) is 5.43 Å². The van der Waals surface area contributed by atoms with E-state index in [0.717, 1.165) is 11.1 Å². The molecule has 2 aromatic rings. The third-order valence-corrected chi connectivity index (χ3v) is 3.13. The van der Waals surface area contributed by atoms with Crippen LogP contribution in [-0.2, 0) is 5.41 Å². The summed E-state index contributed by atoms with van der Waals surface area (Å²) in [7, 11) is 0. The van der Waals surface area contributed by atoms with Crippen LogP contribution in [0.1, 0.15) is 31.9 Å². The van der Waals surface area contributed by atoms with Gasteiger partial charge in [-0.1, -0.05) is 20.8 Å². The van der Waals surface area contributed by atoms with Gasteiger partial charge in [-0.05, 0) is 57.9 Å². The molecule has 1 aromatic heterocycles. The van der Waals surface area contributed by atoms with Gasteiger partial charge in [0.2, 0.25) is 16.5 Å². The van der Waals surface area contributed by atoms with Gasteiger partial charge in [0.25, 0.3) is 0 Å². The van der Waals surface area contributed by atoms with Crippen LogP contribution < -0.4 is 5.43 Å². The molecule has 0 saturated heterocycles. The Labute approximate surface area is 138 Å². The first kappa shape index (κ1) is 16.5. The van der Waals surface area contributed by atoms with Crippen molar-refractivity contribution in [1.29, 1.82) is 0 Å². The smallest absolute Gasteiger partial charge is 0.249 e. The fourth-order valence-electron chi connectivity index (χ4n) is 1.78. The highest BCUT2D eigenvalue weighted by atomic mass is 35.5. The normalized spacial score (nSPS) is 11.9. The van der Waals surface area contributed by atoms with E-state index in [1.54, 1.807) is 18.3 Å². The molecular formula is C14H15Cl2N5O. The number of phenolic OH excluding ortho intramolecular Hbond substituents is 1. The van der Waals surface area contributed by atoms with Gasteiger partial charge in [0, 0.05) is 0 Å². The second-order valence-corrected chi connectivity index (χ2v) is 6.27. The van der Waals surface area contributed by atoms with Crippen molar-refractivity contribution in [3.63, 3.8) is 0 Å². The maximum atomic E-state index is 9.92. The number of aromatic nitrogens is 3. The topological polar surface area (TPSA) is 83.3 Å². The molecule has 0 saturated carbocycles. The van der Waals surface area contributed by atoms with E-state index in [2.05, 4.69) is 25.5 Å². The van der Waals surface area contributed by atoms with Crippen LogP contribution in [0.2, 0.25) is 10.6 Å². The Kier molecular flexibility index (Phi) is 4.83. The quantitative estimate of drug-likeness (QED) is 0.658. The Bertz CT molecular complexity index is 693. The number of nitrogens with zero attached hydrogens (tertiary/aromatic N) is 4. The molecule has 0 bridgehead atoms. The van der Waals surface area contributed by atoms with Crippen molar-refractivity contribution >= 4 is 35.4 Å². The van der Waals surface area contributed by atoms with Gasteiger partial charge in [0.1, 0.15) is 5.75 Å². The van der Waals surface area contributed by atoms with Crippen molar-refractivity contribution in [2.45, 2.75) is 26.2 Å². The first-order valence-electron chi connectivity index (χ1n) is 6.45. The Morgan fingerprint density at radius 1 is 1.14 bits per heavy atom. The van der Waals surface area contributed by atoms with E-state index in [9.17, 15) is 5.11 Å². The highest BCUT2D eigenvalue weighted by Crippen LogP contribution is 2.30. The van der Waals surface area contributed by atoms with Gasteiger partial charge in [-0.15, -0.1) is 0 Å². The van der Waals surface area contributed by atoms with E-state index < -0.39 is 0 Å². The van der Waals surface area contributed by atoms with Crippen LogP contribution in [0.3, 0.4) is 0 Å². The van der Waals surface area contributed by atoms with E-state index in [1.165, 1.54) is 0 Å². The van der Waals surface area contributed by atoms with E-state index in [1.807, 2.05) is 26.8 Å². The maximum Gasteiger partial charge on any atom is 0.249 e. The molecular weight excluding hydrogens is 325 g/mol. The molecule has 0 unspecified atom stereocenters. The van der Waals surface area contributed by atoms with Crippen molar-refractivity contribution in [2.75, 3.05) is 5.43 Å². The minimum Gasteiger partial charge on any atom is -0.508 e. The van der Waals surface area contributed by atoms with Crippen LogP contribution in [0.25, 0.3) is 0 Å². The minimum atomic E-state index is -0.170.